The van der Waals surface area contributed by atoms with Crippen LogP contribution in [0.2, 0.25) is 0 Å². The molecule has 8 heteroatoms. The molecule has 0 aromatic carbocycles. The highest BCUT2D eigenvalue weighted by molar-refractivity contribution is 5.70. The van der Waals surface area contributed by atoms with Gasteiger partial charge in [0.25, 0.3) is 0 Å². The van der Waals surface area contributed by atoms with Gasteiger partial charge in [0.1, 0.15) is 12.6 Å². The largest absolute Gasteiger partial charge is 0.544 e. The van der Waals surface area contributed by atoms with Gasteiger partial charge >= 0.3 is 11.9 Å². The van der Waals surface area contributed by atoms with E-state index in [-0.39, 0.29) is 42.7 Å². The number of carbonyl (C=O) groups is 3. The Hall–Kier alpha value is -2.71. The molecule has 0 saturated carbocycles. The van der Waals surface area contributed by atoms with Crippen molar-refractivity contribution in [2.75, 3.05) is 41.0 Å². The summed E-state index contributed by atoms with van der Waals surface area (Å²) in [5.74, 6) is -1.79. The Kier molecular flexibility index (Phi) is 34.4. The average molecular weight is 746 g/mol. The van der Waals surface area contributed by atoms with Gasteiger partial charge in [-0.25, -0.2) is 0 Å². The lowest BCUT2D eigenvalue weighted by molar-refractivity contribution is -0.889. The van der Waals surface area contributed by atoms with Crippen molar-refractivity contribution < 1.29 is 38.2 Å². The van der Waals surface area contributed by atoms with Crippen molar-refractivity contribution in [3.63, 3.8) is 0 Å². The summed E-state index contributed by atoms with van der Waals surface area (Å²) in [4.78, 5) is 36.7. The van der Waals surface area contributed by atoms with Crippen molar-refractivity contribution in [2.24, 2.45) is 0 Å². The predicted octanol–water partition coefficient (Wildman–Crippen LogP) is 9.91. The van der Waals surface area contributed by atoms with Gasteiger partial charge in [-0.2, -0.15) is 0 Å². The molecule has 2 unspecified atom stereocenters. The molecule has 0 aliphatic carbocycles. The lowest BCUT2D eigenvalue weighted by Crippen LogP contribution is -2.55. The normalized spacial score (nSPS) is 13.5. The van der Waals surface area contributed by atoms with Gasteiger partial charge in [-0.1, -0.05) is 127 Å². The molecule has 53 heavy (non-hydrogen) atoms. The van der Waals surface area contributed by atoms with E-state index in [4.69, 9.17) is 14.2 Å². The molecule has 0 heterocycles. The molecular formula is C45H79NO7. The fourth-order valence-electron chi connectivity index (χ4n) is 5.90. The Balaban J connectivity index is 4.40. The smallest absolute Gasteiger partial charge is 0.306 e. The van der Waals surface area contributed by atoms with E-state index in [1.807, 2.05) is 0 Å². The van der Waals surface area contributed by atoms with E-state index in [0.29, 0.717) is 19.3 Å². The number of rotatable bonds is 37. The first kappa shape index (κ1) is 50.3. The van der Waals surface area contributed by atoms with Crippen molar-refractivity contribution in [3.05, 3.63) is 48.6 Å². The highest BCUT2D eigenvalue weighted by Crippen LogP contribution is 2.13. The van der Waals surface area contributed by atoms with Crippen LogP contribution in [0.15, 0.2) is 48.6 Å². The van der Waals surface area contributed by atoms with Crippen LogP contribution in [0.25, 0.3) is 0 Å². The van der Waals surface area contributed by atoms with Crippen LogP contribution in [0.5, 0.6) is 0 Å². The Bertz CT molecular complexity index is 1010. The minimum atomic E-state index is -1.13. The molecule has 0 fully saturated rings. The van der Waals surface area contributed by atoms with Crippen LogP contribution in [0.1, 0.15) is 168 Å². The van der Waals surface area contributed by atoms with E-state index >= 15 is 0 Å². The number of unbranched alkanes of at least 4 members (excludes halogenated alkanes) is 15. The van der Waals surface area contributed by atoms with Gasteiger partial charge in [0.2, 0.25) is 0 Å². The van der Waals surface area contributed by atoms with Crippen LogP contribution in [0.3, 0.4) is 0 Å². The molecular weight excluding hydrogens is 666 g/mol. The van der Waals surface area contributed by atoms with Gasteiger partial charge < -0.3 is 28.6 Å². The summed E-state index contributed by atoms with van der Waals surface area (Å²) in [5, 5.41) is 11.6. The van der Waals surface area contributed by atoms with Crippen molar-refractivity contribution in [1.29, 1.82) is 0 Å². The molecule has 0 aromatic rings. The van der Waals surface area contributed by atoms with Crippen LogP contribution >= 0.6 is 0 Å². The van der Waals surface area contributed by atoms with Crippen LogP contribution in [-0.4, -0.2) is 75.5 Å². The molecule has 0 rings (SSSR count). The molecule has 0 aromatic heterocycles. The molecule has 0 aliphatic rings. The maximum atomic E-state index is 12.7. The van der Waals surface area contributed by atoms with Crippen LogP contribution < -0.4 is 5.11 Å². The lowest BCUT2D eigenvalue weighted by Gasteiger charge is -2.34. The number of aliphatic carboxylic acids is 1. The summed E-state index contributed by atoms with van der Waals surface area (Å²) in [6.45, 7) is 4.48. The van der Waals surface area contributed by atoms with E-state index in [9.17, 15) is 19.5 Å². The number of hydrogen-bond acceptors (Lipinski definition) is 7. The third kappa shape index (κ3) is 34.8. The third-order valence-corrected chi connectivity index (χ3v) is 9.20. The number of carboxylic acid groups (broad SMARTS) is 1. The first-order valence-electron chi connectivity index (χ1n) is 21.2. The molecule has 0 spiro atoms. The van der Waals surface area contributed by atoms with Crippen LogP contribution in [0.4, 0.5) is 0 Å². The average Bonchev–Trinajstić information content (AvgIpc) is 3.11. The second-order valence-corrected chi connectivity index (χ2v) is 15.2. The number of ether oxygens (including phenoxy) is 3. The van der Waals surface area contributed by atoms with Crippen molar-refractivity contribution in [3.8, 4) is 0 Å². The zero-order valence-corrected chi connectivity index (χ0v) is 34.7. The number of nitrogens with zero attached hydrogens (tertiary/aromatic N) is 1. The Labute approximate surface area is 325 Å². The summed E-state index contributed by atoms with van der Waals surface area (Å²) >= 11 is 0. The molecule has 0 radical (unpaired) electrons. The maximum absolute atomic E-state index is 12.7. The summed E-state index contributed by atoms with van der Waals surface area (Å²) in [5.41, 5.74) is 0. The second-order valence-electron chi connectivity index (χ2n) is 15.2. The molecule has 2 atom stereocenters. The quantitative estimate of drug-likeness (QED) is 0.0270. The van der Waals surface area contributed by atoms with Gasteiger partial charge in [0.05, 0.1) is 40.3 Å². The summed E-state index contributed by atoms with van der Waals surface area (Å²) in [7, 11) is 5.39. The number of esters is 2. The summed E-state index contributed by atoms with van der Waals surface area (Å²) in [6.07, 6.45) is 41.4. The molecule has 0 bridgehead atoms. The van der Waals surface area contributed by atoms with Crippen molar-refractivity contribution in [1.82, 2.24) is 0 Å². The number of likely N-dealkylation sites (N-methyl/N-ethyl adjacent to an activating group) is 1. The lowest BCUT2D eigenvalue weighted by atomic mass is 10.1. The van der Waals surface area contributed by atoms with Gasteiger partial charge in [-0.3, -0.25) is 9.59 Å². The number of carboxylic acids is 1. The van der Waals surface area contributed by atoms with E-state index in [0.717, 1.165) is 51.4 Å². The maximum Gasteiger partial charge on any atom is 0.306 e. The fraction of sp³-hybridized carbons (Fsp3) is 0.756. The minimum absolute atomic E-state index is 0.0261. The molecule has 0 saturated heterocycles. The van der Waals surface area contributed by atoms with Crippen molar-refractivity contribution in [2.45, 2.75) is 180 Å². The fourth-order valence-corrected chi connectivity index (χ4v) is 5.90. The first-order chi connectivity index (χ1) is 25.6. The van der Waals surface area contributed by atoms with Gasteiger partial charge in [-0.05, 0) is 70.6 Å². The zero-order chi connectivity index (χ0) is 39.3. The van der Waals surface area contributed by atoms with Crippen molar-refractivity contribution >= 4 is 17.9 Å². The number of hydrogen-bond donors (Lipinski definition) is 0. The molecule has 0 amide bonds. The van der Waals surface area contributed by atoms with Crippen LogP contribution in [-0.2, 0) is 28.6 Å². The third-order valence-electron chi connectivity index (χ3n) is 9.20. The van der Waals surface area contributed by atoms with E-state index in [1.165, 1.54) is 77.0 Å². The SMILES string of the molecule is CC/C=C/C/C=C/C/C=C/CCCCC(=O)OCC(COCCC(C(=O)[O-])[N+](C)(C)C)OC(=O)CCCCCCCCC/C=C/CCCCCCCC. The first-order valence-corrected chi connectivity index (χ1v) is 21.2. The highest BCUT2D eigenvalue weighted by Gasteiger charge is 2.25. The molecule has 0 N–H and O–H groups in total. The summed E-state index contributed by atoms with van der Waals surface area (Å²) < 4.78 is 17.1. The van der Waals surface area contributed by atoms with E-state index in [1.54, 1.807) is 21.1 Å². The zero-order valence-electron chi connectivity index (χ0n) is 34.7. The second kappa shape index (κ2) is 36.3. The van der Waals surface area contributed by atoms with E-state index in [2.05, 4.69) is 62.5 Å². The Morgan fingerprint density at radius 3 is 1.62 bits per heavy atom. The topological polar surface area (TPSA) is 102 Å². The Morgan fingerprint density at radius 1 is 0.585 bits per heavy atom. The van der Waals surface area contributed by atoms with Gasteiger partial charge in [0.15, 0.2) is 6.10 Å². The van der Waals surface area contributed by atoms with Crippen LogP contribution in [0, 0.1) is 0 Å². The van der Waals surface area contributed by atoms with E-state index < -0.39 is 18.1 Å². The highest BCUT2D eigenvalue weighted by atomic mass is 16.6. The summed E-state index contributed by atoms with van der Waals surface area (Å²) in [6, 6.07) is -0.732. The van der Waals surface area contributed by atoms with Gasteiger partial charge in [0, 0.05) is 19.3 Å². The number of quaternary nitrogens is 1. The number of carbonyl (C=O) groups excluding carboxylic acids is 3. The standard InChI is InChI=1S/C45H79NO7/c1-6-8-10-12-14-16-18-20-21-22-23-24-26-28-30-32-34-36-44(48)53-41(39-51-38-37-42(45(49)50)46(3,4)5)40-52-43(47)35-33-31-29-27-25-19-17-15-13-11-9-7-2/h9,11,15,17,20-21,25,27,41-42H,6-8,10,12-14,16,18-19,22-24,26,28-40H2,1-5H3/b11-9+,17-15+,21-20+,27-25+. The number of allylic oxidation sites excluding steroid dienone is 8. The molecule has 306 valence electrons. The predicted molar refractivity (Wildman–Crippen MR) is 217 cm³/mol. The molecule has 8 nitrogen and oxygen atoms in total. The minimum Gasteiger partial charge on any atom is -0.544 e. The Morgan fingerprint density at radius 2 is 1.06 bits per heavy atom. The monoisotopic (exact) mass is 746 g/mol. The molecule has 0 aliphatic heterocycles. The van der Waals surface area contributed by atoms with Gasteiger partial charge in [-0.15, -0.1) is 0 Å².